The lowest BCUT2D eigenvalue weighted by molar-refractivity contribution is 0.0925. The molecule has 1 aliphatic heterocycles. The Morgan fingerprint density at radius 1 is 1.44 bits per heavy atom. The third-order valence-electron chi connectivity index (χ3n) is 3.32. The normalized spacial score (nSPS) is 19.2. The number of hydrogen-bond donors (Lipinski definition) is 2. The Labute approximate surface area is 105 Å². The molecule has 1 amide bonds. The first-order valence-corrected chi connectivity index (χ1v) is 6.33. The molecule has 1 aliphatic rings. The Morgan fingerprint density at radius 2 is 2.33 bits per heavy atom. The number of amides is 1. The van der Waals surface area contributed by atoms with Crippen molar-refractivity contribution in [2.45, 2.75) is 18.9 Å². The van der Waals surface area contributed by atoms with Gasteiger partial charge in [-0.05, 0) is 31.5 Å². The zero-order valence-corrected chi connectivity index (χ0v) is 10.1. The topological polar surface area (TPSA) is 54.3 Å². The molecule has 0 bridgehead atoms. The molecule has 4 nitrogen and oxygen atoms in total. The first-order chi connectivity index (χ1) is 8.83. The van der Waals surface area contributed by atoms with Gasteiger partial charge in [0.15, 0.2) is 5.76 Å². The maximum atomic E-state index is 11.9. The summed E-state index contributed by atoms with van der Waals surface area (Å²) in [4.78, 5) is 11.9. The van der Waals surface area contributed by atoms with Gasteiger partial charge in [-0.25, -0.2) is 0 Å². The largest absolute Gasteiger partial charge is 0.451 e. The lowest BCUT2D eigenvalue weighted by Gasteiger charge is -2.10. The number of rotatable bonds is 3. The van der Waals surface area contributed by atoms with E-state index in [2.05, 4.69) is 10.6 Å². The van der Waals surface area contributed by atoms with E-state index in [4.69, 9.17) is 4.42 Å². The minimum absolute atomic E-state index is 0.139. The van der Waals surface area contributed by atoms with Crippen LogP contribution in [0.3, 0.4) is 0 Å². The van der Waals surface area contributed by atoms with E-state index >= 15 is 0 Å². The van der Waals surface area contributed by atoms with Crippen molar-refractivity contribution in [2.75, 3.05) is 13.1 Å². The molecule has 18 heavy (non-hydrogen) atoms. The highest BCUT2D eigenvalue weighted by atomic mass is 16.3. The third kappa shape index (κ3) is 2.24. The van der Waals surface area contributed by atoms with Crippen molar-refractivity contribution >= 4 is 16.9 Å². The van der Waals surface area contributed by atoms with Crippen molar-refractivity contribution in [3.05, 3.63) is 36.1 Å². The van der Waals surface area contributed by atoms with E-state index in [9.17, 15) is 4.79 Å². The van der Waals surface area contributed by atoms with Gasteiger partial charge in [-0.3, -0.25) is 4.79 Å². The highest BCUT2D eigenvalue weighted by molar-refractivity contribution is 5.96. The van der Waals surface area contributed by atoms with Gasteiger partial charge in [0.1, 0.15) is 5.58 Å². The van der Waals surface area contributed by atoms with Gasteiger partial charge in [-0.2, -0.15) is 0 Å². The van der Waals surface area contributed by atoms with Crippen LogP contribution in [0.2, 0.25) is 0 Å². The number of fused-ring (bicyclic) bond motifs is 1. The second-order valence-electron chi connectivity index (χ2n) is 4.65. The molecular weight excluding hydrogens is 228 g/mol. The van der Waals surface area contributed by atoms with Crippen LogP contribution in [-0.4, -0.2) is 25.0 Å². The van der Waals surface area contributed by atoms with Gasteiger partial charge in [-0.1, -0.05) is 18.2 Å². The average Bonchev–Trinajstić information content (AvgIpc) is 3.04. The number of furan rings is 1. The molecule has 1 fully saturated rings. The quantitative estimate of drug-likeness (QED) is 0.867. The van der Waals surface area contributed by atoms with Crippen molar-refractivity contribution in [2.24, 2.45) is 0 Å². The van der Waals surface area contributed by atoms with Gasteiger partial charge in [0.05, 0.1) is 0 Å². The van der Waals surface area contributed by atoms with Crippen LogP contribution in [0.15, 0.2) is 34.7 Å². The smallest absolute Gasteiger partial charge is 0.287 e. The fraction of sp³-hybridized carbons (Fsp3) is 0.357. The molecule has 0 radical (unpaired) electrons. The lowest BCUT2D eigenvalue weighted by atomic mass is 10.2. The second kappa shape index (κ2) is 4.82. The Balaban J connectivity index is 1.67. The molecule has 3 rings (SSSR count). The minimum Gasteiger partial charge on any atom is -0.451 e. The molecule has 4 heteroatoms. The molecule has 0 spiro atoms. The average molecular weight is 244 g/mol. The number of carbonyl (C=O) groups is 1. The fourth-order valence-corrected chi connectivity index (χ4v) is 2.33. The summed E-state index contributed by atoms with van der Waals surface area (Å²) in [5.41, 5.74) is 0.752. The number of benzene rings is 1. The van der Waals surface area contributed by atoms with Gasteiger partial charge >= 0.3 is 0 Å². The SMILES string of the molecule is O=C(NCC1CCCN1)c1cc2ccccc2o1. The van der Waals surface area contributed by atoms with E-state index in [0.29, 0.717) is 18.3 Å². The van der Waals surface area contributed by atoms with Crippen LogP contribution in [0, 0.1) is 0 Å². The van der Waals surface area contributed by atoms with Crippen molar-refractivity contribution in [3.8, 4) is 0 Å². The van der Waals surface area contributed by atoms with Crippen molar-refractivity contribution in [1.82, 2.24) is 10.6 Å². The molecule has 1 aromatic heterocycles. The van der Waals surface area contributed by atoms with Crippen molar-refractivity contribution in [3.63, 3.8) is 0 Å². The van der Waals surface area contributed by atoms with Crippen LogP contribution in [0.4, 0.5) is 0 Å². The molecule has 0 aliphatic carbocycles. The molecule has 1 saturated heterocycles. The van der Waals surface area contributed by atoms with E-state index in [1.54, 1.807) is 6.07 Å². The van der Waals surface area contributed by atoms with Gasteiger partial charge in [0.2, 0.25) is 0 Å². The molecule has 0 saturated carbocycles. The number of nitrogens with one attached hydrogen (secondary N) is 2. The van der Waals surface area contributed by atoms with E-state index in [-0.39, 0.29) is 5.91 Å². The molecule has 2 heterocycles. The number of hydrogen-bond acceptors (Lipinski definition) is 3. The summed E-state index contributed by atoms with van der Waals surface area (Å²) in [6, 6.07) is 9.82. The number of carbonyl (C=O) groups excluding carboxylic acids is 1. The summed E-state index contributed by atoms with van der Waals surface area (Å²) in [5, 5.41) is 7.21. The van der Waals surface area contributed by atoms with Crippen LogP contribution in [0.25, 0.3) is 11.0 Å². The zero-order chi connectivity index (χ0) is 12.4. The molecule has 1 aromatic carbocycles. The van der Waals surface area contributed by atoms with Crippen LogP contribution in [0.1, 0.15) is 23.4 Å². The summed E-state index contributed by atoms with van der Waals surface area (Å²) in [6.45, 7) is 1.71. The van der Waals surface area contributed by atoms with E-state index in [1.807, 2.05) is 24.3 Å². The maximum absolute atomic E-state index is 11.9. The van der Waals surface area contributed by atoms with Crippen LogP contribution in [0.5, 0.6) is 0 Å². The zero-order valence-electron chi connectivity index (χ0n) is 10.1. The maximum Gasteiger partial charge on any atom is 0.287 e. The summed E-state index contributed by atoms with van der Waals surface area (Å²) >= 11 is 0. The van der Waals surface area contributed by atoms with E-state index in [1.165, 1.54) is 6.42 Å². The predicted molar refractivity (Wildman–Crippen MR) is 69.6 cm³/mol. The van der Waals surface area contributed by atoms with Crippen molar-refractivity contribution in [1.29, 1.82) is 0 Å². The Hall–Kier alpha value is -1.81. The standard InChI is InChI=1S/C14H16N2O2/c17-14(16-9-11-5-3-7-15-11)13-8-10-4-1-2-6-12(10)18-13/h1-2,4,6,8,11,15H,3,5,7,9H2,(H,16,17). The van der Waals surface area contributed by atoms with Crippen LogP contribution < -0.4 is 10.6 Å². The Bertz CT molecular complexity index is 523. The van der Waals surface area contributed by atoms with Gasteiger partial charge < -0.3 is 15.1 Å². The monoisotopic (exact) mass is 244 g/mol. The summed E-state index contributed by atoms with van der Waals surface area (Å²) in [5.74, 6) is 0.245. The summed E-state index contributed by atoms with van der Waals surface area (Å²) in [7, 11) is 0. The Kier molecular flexibility index (Phi) is 3.02. The third-order valence-corrected chi connectivity index (χ3v) is 3.32. The molecule has 1 atom stereocenters. The van der Waals surface area contributed by atoms with Crippen LogP contribution >= 0.6 is 0 Å². The van der Waals surface area contributed by atoms with Crippen LogP contribution in [-0.2, 0) is 0 Å². The van der Waals surface area contributed by atoms with Gasteiger partial charge in [0.25, 0.3) is 5.91 Å². The highest BCUT2D eigenvalue weighted by Gasteiger charge is 2.17. The van der Waals surface area contributed by atoms with Gasteiger partial charge in [0, 0.05) is 18.0 Å². The van der Waals surface area contributed by atoms with E-state index < -0.39 is 0 Å². The molecule has 94 valence electrons. The first kappa shape index (κ1) is 11.3. The molecule has 1 unspecified atom stereocenters. The summed E-state index contributed by atoms with van der Waals surface area (Å²) < 4.78 is 5.51. The summed E-state index contributed by atoms with van der Waals surface area (Å²) in [6.07, 6.45) is 2.31. The molecular formula is C14H16N2O2. The minimum atomic E-state index is -0.139. The fourth-order valence-electron chi connectivity index (χ4n) is 2.33. The number of para-hydroxylation sites is 1. The predicted octanol–water partition coefficient (Wildman–Crippen LogP) is 1.91. The van der Waals surface area contributed by atoms with Crippen molar-refractivity contribution < 1.29 is 9.21 Å². The molecule has 2 N–H and O–H groups in total. The first-order valence-electron chi connectivity index (χ1n) is 6.33. The van der Waals surface area contributed by atoms with Gasteiger partial charge in [-0.15, -0.1) is 0 Å². The second-order valence-corrected chi connectivity index (χ2v) is 4.65. The molecule has 2 aromatic rings. The van der Waals surface area contributed by atoms with E-state index in [0.717, 1.165) is 23.9 Å². The Morgan fingerprint density at radius 3 is 3.11 bits per heavy atom. The highest BCUT2D eigenvalue weighted by Crippen LogP contribution is 2.18. The lowest BCUT2D eigenvalue weighted by Crippen LogP contribution is -2.36.